The zero-order chi connectivity index (χ0) is 65.0. The molecule has 8 bridgehead atoms. The minimum absolute atomic E-state index is 0.0146. The largest absolute Gasteiger partial charge is 0.497 e. The molecule has 0 amide bonds. The van der Waals surface area contributed by atoms with Gasteiger partial charge in [0.25, 0.3) is 5.92 Å². The van der Waals surface area contributed by atoms with Gasteiger partial charge in [0.15, 0.2) is 36.0 Å². The maximum absolute atomic E-state index is 13.8. The Bertz CT molecular complexity index is 3450. The summed E-state index contributed by atoms with van der Waals surface area (Å²) in [5, 5.41) is -6.11. The fraction of sp³-hybridized carbons (Fsp3) is 0.411. The first-order valence-electron chi connectivity index (χ1n) is 30.9. The van der Waals surface area contributed by atoms with Gasteiger partial charge in [0.05, 0.1) is 41.4 Å². The van der Waals surface area contributed by atoms with E-state index >= 15 is 0 Å². The van der Waals surface area contributed by atoms with Crippen LogP contribution in [0.1, 0.15) is 102 Å². The van der Waals surface area contributed by atoms with Gasteiger partial charge in [-0.2, -0.15) is 34.8 Å². The second-order valence-corrected chi connectivity index (χ2v) is 31.4. The molecule has 7 aromatic rings. The molecule has 0 saturated heterocycles. The molecule has 8 aliphatic carbocycles. The first-order valence-corrected chi connectivity index (χ1v) is 34.8. The standard InChI is InChI=1S/C21H21O2S.C20H22F6O3S.C18H15S.C14H20F2O2/c1-16-10-12-19(13-11-16)24(20-8-4-6-17(14-20)22-2)21-9-5-7-18(15-21)23-3;1-17(21,22)19(23,24)20(25,26)30(27,28)29-16-4-2-15(3-5-16)18-9-12-6-13(10-18)8-14(7-12)11-18;1-4-10-16(11-5-1)19(17-12-6-2-7-13-17)18-14-8-3-9-15-18;1-13(15,16)8-18-12(17)14-5-9-2-10(6-14)4-11(3-9)7-14/h4-15H,1-3H3;2-5,12-14H,6-11H2,1H3;1-15H;9-11H,2-8H2,1H3/q+1;;+1;. The van der Waals surface area contributed by atoms with E-state index in [-0.39, 0.29) is 33.2 Å². The number of alkyl halides is 8. The Morgan fingerprint density at radius 2 is 0.835 bits per heavy atom. The van der Waals surface area contributed by atoms with E-state index in [1.165, 1.54) is 73.5 Å². The molecule has 484 valence electrons. The average molecular weight is 1320 g/mol. The van der Waals surface area contributed by atoms with Crippen LogP contribution in [0.4, 0.5) is 35.1 Å². The number of methoxy groups -OCH3 is 2. The van der Waals surface area contributed by atoms with Crippen LogP contribution in [0.15, 0.2) is 217 Å². The lowest BCUT2D eigenvalue weighted by Gasteiger charge is -2.57. The third-order valence-electron chi connectivity index (χ3n) is 18.6. The van der Waals surface area contributed by atoms with Crippen molar-refractivity contribution in [1.29, 1.82) is 0 Å². The van der Waals surface area contributed by atoms with Crippen molar-refractivity contribution in [3.05, 3.63) is 199 Å². The van der Waals surface area contributed by atoms with E-state index in [0.29, 0.717) is 35.5 Å². The second-order valence-electron chi connectivity index (χ2n) is 25.8. The predicted octanol–water partition coefficient (Wildman–Crippen LogP) is 19.0. The molecular weight excluding hydrogens is 1240 g/mol. The zero-order valence-electron chi connectivity index (χ0n) is 51.7. The molecule has 0 aromatic heterocycles. The highest BCUT2D eigenvalue weighted by Gasteiger charge is 2.77. The lowest BCUT2D eigenvalue weighted by Crippen LogP contribution is -2.57. The van der Waals surface area contributed by atoms with Gasteiger partial charge in [-0.05, 0) is 215 Å². The van der Waals surface area contributed by atoms with Crippen LogP contribution in [0.25, 0.3) is 0 Å². The van der Waals surface area contributed by atoms with E-state index in [0.717, 1.165) is 74.6 Å². The van der Waals surface area contributed by atoms with E-state index in [9.17, 15) is 48.3 Å². The number of benzene rings is 7. The fourth-order valence-electron chi connectivity index (χ4n) is 15.2. The van der Waals surface area contributed by atoms with Gasteiger partial charge in [0.1, 0.15) is 17.2 Å². The smallest absolute Gasteiger partial charge is 0.449 e. The van der Waals surface area contributed by atoms with Crippen LogP contribution in [-0.2, 0) is 46.9 Å². The highest BCUT2D eigenvalue weighted by molar-refractivity contribution is 7.97. The molecule has 18 heteroatoms. The summed E-state index contributed by atoms with van der Waals surface area (Å²) in [4.78, 5) is 20.0. The summed E-state index contributed by atoms with van der Waals surface area (Å²) in [5.41, 5.74) is 1.73. The summed E-state index contributed by atoms with van der Waals surface area (Å²) in [6.07, 6.45) is 13.0. The van der Waals surface area contributed by atoms with Gasteiger partial charge in [-0.3, -0.25) is 4.79 Å². The van der Waals surface area contributed by atoms with Crippen LogP contribution in [0, 0.1) is 47.8 Å². The van der Waals surface area contributed by atoms with Crippen molar-refractivity contribution in [2.24, 2.45) is 40.9 Å². The molecule has 8 fully saturated rings. The molecule has 0 heterocycles. The Morgan fingerprint density at radius 1 is 0.473 bits per heavy atom. The quantitative estimate of drug-likeness (QED) is 0.0388. The van der Waals surface area contributed by atoms with E-state index < -0.39 is 57.8 Å². The van der Waals surface area contributed by atoms with Crippen LogP contribution >= 0.6 is 0 Å². The van der Waals surface area contributed by atoms with Crippen molar-refractivity contribution in [3.8, 4) is 17.2 Å². The molecule has 0 radical (unpaired) electrons. The second kappa shape index (κ2) is 27.6. The molecule has 8 saturated carbocycles. The molecule has 0 spiro atoms. The highest BCUT2D eigenvalue weighted by atomic mass is 32.2. The maximum Gasteiger partial charge on any atom is 0.449 e. The number of esters is 1. The number of aryl methyl sites for hydroxylation is 1. The minimum Gasteiger partial charge on any atom is -0.497 e. The summed E-state index contributed by atoms with van der Waals surface area (Å²) in [6.45, 7) is 1.66. The third-order valence-corrected chi connectivity index (χ3v) is 24.3. The van der Waals surface area contributed by atoms with Crippen molar-refractivity contribution in [2.75, 3.05) is 20.8 Å². The normalized spacial score (nSPS) is 23.8. The topological polar surface area (TPSA) is 88.1 Å². The monoisotopic (exact) mass is 1310 g/mol. The number of carbonyl (C=O) groups is 1. The predicted molar refractivity (Wildman–Crippen MR) is 339 cm³/mol. The summed E-state index contributed by atoms with van der Waals surface area (Å²) < 4.78 is 149. The van der Waals surface area contributed by atoms with E-state index in [4.69, 9.17) is 14.2 Å². The summed E-state index contributed by atoms with van der Waals surface area (Å²) in [6, 6.07) is 62.8. The Morgan fingerprint density at radius 3 is 1.21 bits per heavy atom. The van der Waals surface area contributed by atoms with Gasteiger partial charge >= 0.3 is 33.2 Å². The number of ether oxygens (including phenoxy) is 3. The summed E-state index contributed by atoms with van der Waals surface area (Å²) in [5.74, 6) is -9.74. The molecule has 7 aromatic carbocycles. The van der Waals surface area contributed by atoms with Crippen molar-refractivity contribution in [3.63, 3.8) is 0 Å². The maximum atomic E-state index is 13.8. The molecular formula is C73H78F8O7S3+2. The molecule has 91 heavy (non-hydrogen) atoms. The molecule has 0 aliphatic heterocycles. The lowest BCUT2D eigenvalue weighted by atomic mass is 9.48. The molecule has 0 N–H and O–H groups in total. The number of halogens is 8. The van der Waals surface area contributed by atoms with E-state index in [1.807, 2.05) is 24.3 Å². The Labute approximate surface area is 535 Å². The molecule has 7 nitrogen and oxygen atoms in total. The molecule has 0 atom stereocenters. The van der Waals surface area contributed by atoms with Crippen LogP contribution in [-0.4, -0.2) is 58.2 Å². The van der Waals surface area contributed by atoms with E-state index in [2.05, 4.69) is 151 Å². The highest BCUT2D eigenvalue weighted by Crippen LogP contribution is 2.62. The van der Waals surface area contributed by atoms with Crippen molar-refractivity contribution in [2.45, 2.75) is 156 Å². The SMILES string of the molecule is CC(F)(F)C(F)(F)C(F)(F)S(=O)(=O)Oc1ccc(C23CC4CC(CC(C4)C2)C3)cc1.CC(F)(F)COC(=O)C12CC3CC(CC(C3)C1)C2.COc1cccc([S+](c2ccc(C)cc2)c2cccc(OC)c2)c1.c1ccc([S+](c2ccccc2)c2ccccc2)cc1. The first-order chi connectivity index (χ1) is 43.2. The Kier molecular flexibility index (Phi) is 20.4. The first kappa shape index (κ1) is 67.4. The zero-order valence-corrected chi connectivity index (χ0v) is 54.1. The molecule has 8 aliphatic rings. The number of carbonyl (C=O) groups excluding carboxylic acids is 1. The minimum atomic E-state index is -6.37. The van der Waals surface area contributed by atoms with Gasteiger partial charge in [-0.25, -0.2) is 8.78 Å². The van der Waals surface area contributed by atoms with E-state index in [1.54, 1.807) is 26.4 Å². The molecule has 15 rings (SSSR count). The van der Waals surface area contributed by atoms with Gasteiger partial charge in [-0.15, -0.1) is 0 Å². The fourth-order valence-corrected chi connectivity index (χ4v) is 20.4. The van der Waals surface area contributed by atoms with Crippen molar-refractivity contribution in [1.82, 2.24) is 0 Å². The average Bonchev–Trinajstić information content (AvgIpc) is 0.764. The van der Waals surface area contributed by atoms with Gasteiger partial charge in [0, 0.05) is 26.0 Å². The number of hydrogen-bond donors (Lipinski definition) is 0. The van der Waals surface area contributed by atoms with Gasteiger partial charge < -0.3 is 18.4 Å². The number of rotatable bonds is 17. The van der Waals surface area contributed by atoms with Crippen LogP contribution < -0.4 is 13.7 Å². The summed E-state index contributed by atoms with van der Waals surface area (Å²) >= 11 is 0. The molecule has 0 unspecified atom stereocenters. The lowest BCUT2D eigenvalue weighted by molar-refractivity contribution is -0.272. The Hall–Kier alpha value is -6.50. The van der Waals surface area contributed by atoms with Gasteiger partial charge in [0.2, 0.25) is 0 Å². The van der Waals surface area contributed by atoms with Crippen LogP contribution in [0.2, 0.25) is 0 Å². The van der Waals surface area contributed by atoms with Gasteiger partial charge in [-0.1, -0.05) is 96.6 Å². The number of hydrogen-bond acceptors (Lipinski definition) is 7. The Balaban J connectivity index is 0.000000136. The van der Waals surface area contributed by atoms with Crippen molar-refractivity contribution >= 4 is 37.9 Å². The van der Waals surface area contributed by atoms with Crippen LogP contribution in [0.3, 0.4) is 0 Å². The van der Waals surface area contributed by atoms with Crippen molar-refractivity contribution < 1.29 is 66.7 Å². The third kappa shape index (κ3) is 15.4. The summed E-state index contributed by atoms with van der Waals surface area (Å²) in [7, 11) is -3.19. The van der Waals surface area contributed by atoms with Crippen LogP contribution in [0.5, 0.6) is 17.2 Å².